The van der Waals surface area contributed by atoms with E-state index in [-0.39, 0.29) is 18.0 Å². The molecule has 136 valence electrons. The summed E-state index contributed by atoms with van der Waals surface area (Å²) < 4.78 is 5.30. The average molecular weight is 347 g/mol. The van der Waals surface area contributed by atoms with Gasteiger partial charge in [0.25, 0.3) is 0 Å². The van der Waals surface area contributed by atoms with Crippen LogP contribution >= 0.6 is 0 Å². The van der Waals surface area contributed by atoms with Crippen molar-refractivity contribution in [2.75, 3.05) is 57.8 Å². The highest BCUT2D eigenvalue weighted by Crippen LogP contribution is 2.12. The summed E-state index contributed by atoms with van der Waals surface area (Å²) in [6.45, 7) is 7.06. The number of hydrogen-bond donors (Lipinski definition) is 1. The van der Waals surface area contributed by atoms with Crippen molar-refractivity contribution < 1.29 is 14.3 Å². The van der Waals surface area contributed by atoms with Crippen LogP contribution in [0.3, 0.4) is 0 Å². The lowest BCUT2D eigenvalue weighted by Gasteiger charge is -2.39. The summed E-state index contributed by atoms with van der Waals surface area (Å²) in [5, 5.41) is 2.80. The molecule has 3 heterocycles. The SMILES string of the molecule is C[C@H](C(=O)N1CCOCC1)N1CCN(C(=O)Nc2ccccn2)CC1. The number of aromatic nitrogens is 1. The summed E-state index contributed by atoms with van der Waals surface area (Å²) in [5.74, 6) is 0.695. The Bertz CT molecular complexity index is 583. The lowest BCUT2D eigenvalue weighted by Crippen LogP contribution is -2.57. The van der Waals surface area contributed by atoms with E-state index in [9.17, 15) is 9.59 Å². The van der Waals surface area contributed by atoms with Gasteiger partial charge in [0.05, 0.1) is 19.3 Å². The monoisotopic (exact) mass is 347 g/mol. The van der Waals surface area contributed by atoms with E-state index in [1.165, 1.54) is 0 Å². The van der Waals surface area contributed by atoms with Crippen molar-refractivity contribution in [2.45, 2.75) is 13.0 Å². The molecule has 1 N–H and O–H groups in total. The topological polar surface area (TPSA) is 78.0 Å². The third-order valence-electron chi connectivity index (χ3n) is 4.73. The second-order valence-corrected chi connectivity index (χ2v) is 6.28. The average Bonchev–Trinajstić information content (AvgIpc) is 2.68. The number of ether oxygens (including phenoxy) is 1. The molecule has 0 aliphatic carbocycles. The van der Waals surface area contributed by atoms with Gasteiger partial charge in [0, 0.05) is 45.5 Å². The highest BCUT2D eigenvalue weighted by atomic mass is 16.5. The Hall–Kier alpha value is -2.19. The first-order valence-corrected chi connectivity index (χ1v) is 8.72. The van der Waals surface area contributed by atoms with Crippen LogP contribution in [0.25, 0.3) is 0 Å². The van der Waals surface area contributed by atoms with Crippen molar-refractivity contribution in [1.29, 1.82) is 0 Å². The van der Waals surface area contributed by atoms with E-state index in [0.29, 0.717) is 58.3 Å². The van der Waals surface area contributed by atoms with Crippen LogP contribution in [-0.2, 0) is 9.53 Å². The van der Waals surface area contributed by atoms with Gasteiger partial charge in [0.1, 0.15) is 5.82 Å². The minimum Gasteiger partial charge on any atom is -0.378 e. The van der Waals surface area contributed by atoms with Gasteiger partial charge in [-0.15, -0.1) is 0 Å². The van der Waals surface area contributed by atoms with Gasteiger partial charge in [-0.3, -0.25) is 15.0 Å². The number of nitrogens with zero attached hydrogens (tertiary/aromatic N) is 4. The molecule has 1 aromatic heterocycles. The zero-order valence-corrected chi connectivity index (χ0v) is 14.6. The van der Waals surface area contributed by atoms with Gasteiger partial charge < -0.3 is 14.5 Å². The molecule has 0 bridgehead atoms. The minimum absolute atomic E-state index is 0.148. The number of urea groups is 1. The fourth-order valence-corrected chi connectivity index (χ4v) is 3.14. The molecule has 3 rings (SSSR count). The van der Waals surface area contributed by atoms with Crippen LogP contribution in [0.4, 0.5) is 10.6 Å². The maximum absolute atomic E-state index is 12.6. The summed E-state index contributed by atoms with van der Waals surface area (Å²) in [6.07, 6.45) is 1.65. The quantitative estimate of drug-likeness (QED) is 0.860. The predicted molar refractivity (Wildman–Crippen MR) is 93.3 cm³/mol. The standard InChI is InChI=1S/C17H25N5O3/c1-14(16(23)21-10-12-25-13-11-21)20-6-8-22(9-7-20)17(24)19-15-4-2-3-5-18-15/h2-5,14H,6-13H2,1H3,(H,18,19,24)/t14-/m1/s1. The number of rotatable bonds is 3. The molecule has 0 aromatic carbocycles. The number of anilines is 1. The summed E-state index contributed by atoms with van der Waals surface area (Å²) in [7, 11) is 0. The molecule has 8 nitrogen and oxygen atoms in total. The third-order valence-corrected chi connectivity index (χ3v) is 4.73. The van der Waals surface area contributed by atoms with Gasteiger partial charge in [-0.1, -0.05) is 6.07 Å². The number of morpholine rings is 1. The molecule has 0 saturated carbocycles. The molecule has 2 aliphatic rings. The van der Waals surface area contributed by atoms with Crippen molar-refractivity contribution in [1.82, 2.24) is 19.7 Å². The van der Waals surface area contributed by atoms with Crippen LogP contribution in [0.15, 0.2) is 24.4 Å². The molecule has 0 spiro atoms. The molecule has 1 aromatic rings. The van der Waals surface area contributed by atoms with E-state index in [0.717, 1.165) is 0 Å². The molecule has 25 heavy (non-hydrogen) atoms. The second-order valence-electron chi connectivity index (χ2n) is 6.28. The molecular formula is C17H25N5O3. The first-order chi connectivity index (χ1) is 12.1. The number of carbonyl (C=O) groups is 2. The molecule has 3 amide bonds. The second kappa shape index (κ2) is 8.26. The first kappa shape index (κ1) is 17.6. The molecule has 0 unspecified atom stereocenters. The van der Waals surface area contributed by atoms with E-state index in [1.54, 1.807) is 23.2 Å². The molecule has 2 aliphatic heterocycles. The Labute approximate surface area is 147 Å². The smallest absolute Gasteiger partial charge is 0.323 e. The van der Waals surface area contributed by atoms with Crippen molar-refractivity contribution in [2.24, 2.45) is 0 Å². The fraction of sp³-hybridized carbons (Fsp3) is 0.588. The Balaban J connectivity index is 1.47. The van der Waals surface area contributed by atoms with Crippen molar-refractivity contribution in [3.8, 4) is 0 Å². The Morgan fingerprint density at radius 3 is 2.44 bits per heavy atom. The summed E-state index contributed by atoms with van der Waals surface area (Å²) in [4.78, 5) is 34.7. The fourth-order valence-electron chi connectivity index (χ4n) is 3.14. The Morgan fingerprint density at radius 2 is 1.80 bits per heavy atom. The summed E-state index contributed by atoms with van der Waals surface area (Å²) >= 11 is 0. The van der Waals surface area contributed by atoms with Crippen molar-refractivity contribution >= 4 is 17.8 Å². The van der Waals surface area contributed by atoms with Gasteiger partial charge in [0.2, 0.25) is 5.91 Å². The van der Waals surface area contributed by atoms with E-state index in [2.05, 4.69) is 15.2 Å². The maximum Gasteiger partial charge on any atom is 0.323 e. The number of hydrogen-bond acceptors (Lipinski definition) is 5. The van der Waals surface area contributed by atoms with Gasteiger partial charge in [0.15, 0.2) is 0 Å². The molecule has 0 radical (unpaired) electrons. The van der Waals surface area contributed by atoms with E-state index in [4.69, 9.17) is 4.74 Å². The first-order valence-electron chi connectivity index (χ1n) is 8.72. The number of pyridine rings is 1. The lowest BCUT2D eigenvalue weighted by molar-refractivity contribution is -0.141. The number of nitrogens with one attached hydrogen (secondary N) is 1. The highest BCUT2D eigenvalue weighted by molar-refractivity contribution is 5.88. The largest absolute Gasteiger partial charge is 0.378 e. The molecule has 2 fully saturated rings. The highest BCUT2D eigenvalue weighted by Gasteiger charge is 2.30. The van der Waals surface area contributed by atoms with Gasteiger partial charge >= 0.3 is 6.03 Å². The maximum atomic E-state index is 12.6. The van der Waals surface area contributed by atoms with Crippen LogP contribution in [-0.4, -0.2) is 90.1 Å². The van der Waals surface area contributed by atoms with Crippen molar-refractivity contribution in [3.63, 3.8) is 0 Å². The molecule has 1 atom stereocenters. The molecule has 2 saturated heterocycles. The predicted octanol–water partition coefficient (Wildman–Crippen LogP) is 0.478. The van der Waals surface area contributed by atoms with Gasteiger partial charge in [-0.05, 0) is 19.1 Å². The zero-order chi connectivity index (χ0) is 17.6. The van der Waals surface area contributed by atoms with Gasteiger partial charge in [-0.25, -0.2) is 9.78 Å². The van der Waals surface area contributed by atoms with Gasteiger partial charge in [-0.2, -0.15) is 0 Å². The molecular weight excluding hydrogens is 322 g/mol. The minimum atomic E-state index is -0.167. The van der Waals surface area contributed by atoms with E-state index in [1.807, 2.05) is 17.9 Å². The summed E-state index contributed by atoms with van der Waals surface area (Å²) in [5.41, 5.74) is 0. The number of piperazine rings is 1. The summed E-state index contributed by atoms with van der Waals surface area (Å²) in [6, 6.07) is 5.09. The third kappa shape index (κ3) is 4.46. The van der Waals surface area contributed by atoms with Crippen LogP contribution in [0, 0.1) is 0 Å². The van der Waals surface area contributed by atoms with Crippen LogP contribution in [0.1, 0.15) is 6.92 Å². The van der Waals surface area contributed by atoms with Crippen LogP contribution < -0.4 is 5.32 Å². The zero-order valence-electron chi connectivity index (χ0n) is 14.6. The van der Waals surface area contributed by atoms with Crippen LogP contribution in [0.2, 0.25) is 0 Å². The van der Waals surface area contributed by atoms with E-state index < -0.39 is 0 Å². The van der Waals surface area contributed by atoms with Crippen LogP contribution in [0.5, 0.6) is 0 Å². The number of amides is 3. The normalized spacial score (nSPS) is 20.2. The Morgan fingerprint density at radius 1 is 1.08 bits per heavy atom. The number of carbonyl (C=O) groups excluding carboxylic acids is 2. The van der Waals surface area contributed by atoms with E-state index >= 15 is 0 Å². The van der Waals surface area contributed by atoms with Crippen molar-refractivity contribution in [3.05, 3.63) is 24.4 Å². The Kier molecular flexibility index (Phi) is 5.83. The molecule has 8 heteroatoms. The lowest BCUT2D eigenvalue weighted by atomic mass is 10.2.